The number of aliphatic hydroxyl groups excluding tert-OH is 1. The summed E-state index contributed by atoms with van der Waals surface area (Å²) >= 11 is 3.19. The topological polar surface area (TPSA) is 47.3 Å². The molecule has 1 heterocycles. The molecule has 22 heavy (non-hydrogen) atoms. The molecule has 7 heteroatoms. The van der Waals surface area contributed by atoms with Crippen LogP contribution in [0.2, 0.25) is 0 Å². The lowest BCUT2D eigenvalue weighted by molar-refractivity contribution is 0.160. The zero-order chi connectivity index (χ0) is 15.9. The van der Waals surface area contributed by atoms with E-state index in [1.807, 2.05) is 0 Å². The first-order valence-electron chi connectivity index (χ1n) is 7.27. The highest BCUT2D eigenvalue weighted by atomic mass is 79.9. The second-order valence-corrected chi connectivity index (χ2v) is 6.55. The summed E-state index contributed by atoms with van der Waals surface area (Å²) in [6.45, 7) is 0.162. The van der Waals surface area contributed by atoms with E-state index in [1.165, 1.54) is 17.9 Å². The quantitative estimate of drug-likeness (QED) is 0.888. The van der Waals surface area contributed by atoms with E-state index in [4.69, 9.17) is 4.74 Å². The summed E-state index contributed by atoms with van der Waals surface area (Å²) in [5.74, 6) is -0.880. The summed E-state index contributed by atoms with van der Waals surface area (Å²) in [7, 11) is 1.36. The van der Waals surface area contributed by atoms with Crippen molar-refractivity contribution in [1.29, 1.82) is 0 Å². The Kier molecular flexibility index (Phi) is 4.36. The van der Waals surface area contributed by atoms with Gasteiger partial charge in [-0.1, -0.05) is 0 Å². The fourth-order valence-corrected chi connectivity index (χ4v) is 3.69. The van der Waals surface area contributed by atoms with Crippen LogP contribution in [0.4, 0.5) is 8.78 Å². The van der Waals surface area contributed by atoms with Crippen LogP contribution in [0, 0.1) is 17.7 Å². The van der Waals surface area contributed by atoms with Crippen LogP contribution in [0.5, 0.6) is 5.75 Å². The third-order valence-electron chi connectivity index (χ3n) is 4.41. The van der Waals surface area contributed by atoms with Gasteiger partial charge in [0, 0.05) is 6.61 Å². The third kappa shape index (κ3) is 2.50. The minimum atomic E-state index is -0.659. The molecule has 1 saturated carbocycles. The number of aromatic nitrogens is 2. The molecule has 0 saturated heterocycles. The van der Waals surface area contributed by atoms with E-state index in [-0.39, 0.29) is 35.2 Å². The van der Waals surface area contributed by atoms with Crippen LogP contribution in [0.1, 0.15) is 31.7 Å². The summed E-state index contributed by atoms with van der Waals surface area (Å²) in [5, 5.41) is 13.5. The van der Waals surface area contributed by atoms with Crippen molar-refractivity contribution < 1.29 is 18.6 Å². The minimum Gasteiger partial charge on any atom is -0.492 e. The van der Waals surface area contributed by atoms with E-state index in [2.05, 4.69) is 21.0 Å². The van der Waals surface area contributed by atoms with E-state index in [9.17, 15) is 13.9 Å². The number of methoxy groups -OCH3 is 1. The summed E-state index contributed by atoms with van der Waals surface area (Å²) in [6.07, 6.45) is 3.12. The van der Waals surface area contributed by atoms with Gasteiger partial charge >= 0.3 is 0 Å². The van der Waals surface area contributed by atoms with Crippen molar-refractivity contribution in [2.24, 2.45) is 5.92 Å². The number of nitrogens with zero attached hydrogens (tertiary/aromatic N) is 2. The maximum absolute atomic E-state index is 14.6. The standard InChI is InChI=1S/C15H17BrF2N2O2/c1-22-14-11(16)6-10-13(12(14)17)19-20(15(10)18)9-4-2-8(7-21)3-5-9/h6,8-9,21H,2-5,7H2,1H3. The summed E-state index contributed by atoms with van der Waals surface area (Å²) in [6, 6.07) is 1.40. The Bertz CT molecular complexity index is 697. The second kappa shape index (κ2) is 6.12. The van der Waals surface area contributed by atoms with Crippen molar-refractivity contribution in [1.82, 2.24) is 9.78 Å². The summed E-state index contributed by atoms with van der Waals surface area (Å²) < 4.78 is 35.6. The van der Waals surface area contributed by atoms with Crippen molar-refractivity contribution in [2.75, 3.05) is 13.7 Å². The highest BCUT2D eigenvalue weighted by Gasteiger charge is 2.27. The molecule has 0 amide bonds. The molecule has 3 rings (SSSR count). The number of hydrogen-bond donors (Lipinski definition) is 1. The zero-order valence-electron chi connectivity index (χ0n) is 12.2. The van der Waals surface area contributed by atoms with Gasteiger partial charge in [-0.3, -0.25) is 0 Å². The fourth-order valence-electron chi connectivity index (χ4n) is 3.12. The van der Waals surface area contributed by atoms with Gasteiger partial charge in [-0.15, -0.1) is 0 Å². The van der Waals surface area contributed by atoms with Crippen molar-refractivity contribution in [3.05, 3.63) is 22.3 Å². The highest BCUT2D eigenvalue weighted by Crippen LogP contribution is 2.38. The van der Waals surface area contributed by atoms with E-state index < -0.39 is 11.8 Å². The van der Waals surface area contributed by atoms with Gasteiger partial charge in [-0.2, -0.15) is 9.49 Å². The molecular weight excluding hydrogens is 358 g/mol. The van der Waals surface area contributed by atoms with E-state index >= 15 is 0 Å². The van der Waals surface area contributed by atoms with Crippen LogP contribution in [-0.4, -0.2) is 28.6 Å². The molecule has 4 nitrogen and oxygen atoms in total. The average Bonchev–Trinajstić information content (AvgIpc) is 2.85. The molecule has 0 spiro atoms. The van der Waals surface area contributed by atoms with Crippen molar-refractivity contribution in [2.45, 2.75) is 31.7 Å². The number of rotatable bonds is 3. The van der Waals surface area contributed by atoms with E-state index in [0.29, 0.717) is 4.47 Å². The van der Waals surface area contributed by atoms with Crippen molar-refractivity contribution >= 4 is 26.8 Å². The molecule has 1 fully saturated rings. The lowest BCUT2D eigenvalue weighted by atomic mass is 9.87. The molecule has 0 radical (unpaired) electrons. The van der Waals surface area contributed by atoms with Crippen LogP contribution in [-0.2, 0) is 0 Å². The second-order valence-electron chi connectivity index (χ2n) is 5.69. The maximum Gasteiger partial charge on any atom is 0.219 e. The van der Waals surface area contributed by atoms with Gasteiger partial charge in [-0.05, 0) is 53.6 Å². The Labute approximate surface area is 135 Å². The number of fused-ring (bicyclic) bond motifs is 1. The molecular formula is C15H17BrF2N2O2. The molecule has 1 aromatic carbocycles. The molecule has 1 aromatic heterocycles. The Balaban J connectivity index is 2.02. The smallest absolute Gasteiger partial charge is 0.219 e. The average molecular weight is 375 g/mol. The van der Waals surface area contributed by atoms with Gasteiger partial charge in [0.25, 0.3) is 0 Å². The van der Waals surface area contributed by atoms with Gasteiger partial charge in [0.05, 0.1) is 23.0 Å². The first-order valence-corrected chi connectivity index (χ1v) is 8.06. The molecule has 0 atom stereocenters. The molecule has 1 aliphatic carbocycles. The largest absolute Gasteiger partial charge is 0.492 e. The van der Waals surface area contributed by atoms with Gasteiger partial charge < -0.3 is 9.84 Å². The molecule has 0 unspecified atom stereocenters. The molecule has 0 aliphatic heterocycles. The highest BCUT2D eigenvalue weighted by molar-refractivity contribution is 9.10. The SMILES string of the molecule is COc1c(Br)cc2c(F)n(C3CCC(CO)CC3)nc2c1F. The molecule has 1 N–H and O–H groups in total. The molecule has 2 aromatic rings. The fraction of sp³-hybridized carbons (Fsp3) is 0.533. The van der Waals surface area contributed by atoms with Gasteiger partial charge in [0.1, 0.15) is 5.52 Å². The van der Waals surface area contributed by atoms with Crippen LogP contribution in [0.3, 0.4) is 0 Å². The molecule has 120 valence electrons. The van der Waals surface area contributed by atoms with Gasteiger partial charge in [0.2, 0.25) is 5.95 Å². The maximum atomic E-state index is 14.6. The zero-order valence-corrected chi connectivity index (χ0v) is 13.7. The lowest BCUT2D eigenvalue weighted by Gasteiger charge is -2.27. The van der Waals surface area contributed by atoms with Crippen LogP contribution in [0.25, 0.3) is 10.9 Å². The van der Waals surface area contributed by atoms with Gasteiger partial charge in [-0.25, -0.2) is 9.07 Å². The predicted octanol–water partition coefficient (Wildman–Crippen LogP) is 3.81. The minimum absolute atomic E-state index is 0.0122. The van der Waals surface area contributed by atoms with Crippen molar-refractivity contribution in [3.8, 4) is 5.75 Å². The van der Waals surface area contributed by atoms with E-state index in [0.717, 1.165) is 25.7 Å². The van der Waals surface area contributed by atoms with E-state index in [1.54, 1.807) is 0 Å². The third-order valence-corrected chi connectivity index (χ3v) is 4.99. The van der Waals surface area contributed by atoms with Crippen LogP contribution in [0.15, 0.2) is 10.5 Å². The Morgan fingerprint density at radius 1 is 1.36 bits per heavy atom. The summed E-state index contributed by atoms with van der Waals surface area (Å²) in [5.41, 5.74) is -0.0122. The van der Waals surface area contributed by atoms with Crippen LogP contribution >= 0.6 is 15.9 Å². The van der Waals surface area contributed by atoms with Gasteiger partial charge in [0.15, 0.2) is 11.6 Å². The Morgan fingerprint density at radius 3 is 2.64 bits per heavy atom. The first-order chi connectivity index (χ1) is 10.6. The number of halogens is 3. The number of ether oxygens (including phenoxy) is 1. The number of hydrogen-bond acceptors (Lipinski definition) is 3. The van der Waals surface area contributed by atoms with Crippen LogP contribution < -0.4 is 4.74 Å². The lowest BCUT2D eigenvalue weighted by Crippen LogP contribution is -2.21. The molecule has 1 aliphatic rings. The predicted molar refractivity (Wildman–Crippen MR) is 82.0 cm³/mol. The number of benzene rings is 1. The molecule has 0 bridgehead atoms. The number of aliphatic hydroxyl groups is 1. The summed E-state index contributed by atoms with van der Waals surface area (Å²) in [4.78, 5) is 0. The first kappa shape index (κ1) is 15.7. The normalized spacial score (nSPS) is 22.2. The monoisotopic (exact) mass is 374 g/mol. The Morgan fingerprint density at radius 2 is 2.05 bits per heavy atom. The van der Waals surface area contributed by atoms with Crippen molar-refractivity contribution in [3.63, 3.8) is 0 Å². The Hall–Kier alpha value is -1.21.